The molecule has 2 N–H and O–H groups in total. The molecule has 1 saturated heterocycles. The highest BCUT2D eigenvalue weighted by molar-refractivity contribution is 5.99. The number of benzene rings is 1. The van der Waals surface area contributed by atoms with Gasteiger partial charge in [-0.2, -0.15) is 0 Å². The average Bonchev–Trinajstić information content (AvgIpc) is 2.54. The molecule has 1 heterocycles. The van der Waals surface area contributed by atoms with Gasteiger partial charge in [0.15, 0.2) is 0 Å². The number of hydrogen-bond acceptors (Lipinski definition) is 3. The minimum atomic E-state index is -0.694. The summed E-state index contributed by atoms with van der Waals surface area (Å²) in [5.74, 6) is -0.0680. The van der Waals surface area contributed by atoms with Crippen LogP contribution in [0.4, 0.5) is 5.69 Å². The van der Waals surface area contributed by atoms with Gasteiger partial charge in [-0.05, 0) is 62.9 Å². The fourth-order valence-electron chi connectivity index (χ4n) is 2.86. The van der Waals surface area contributed by atoms with E-state index in [1.54, 1.807) is 24.3 Å². The van der Waals surface area contributed by atoms with Crippen LogP contribution >= 0.6 is 0 Å². The zero-order valence-corrected chi connectivity index (χ0v) is 13.7. The summed E-state index contributed by atoms with van der Waals surface area (Å²) >= 11 is 0. The van der Waals surface area contributed by atoms with E-state index in [9.17, 15) is 14.7 Å². The highest BCUT2D eigenvalue weighted by Gasteiger charge is 2.32. The van der Waals surface area contributed by atoms with E-state index in [0.29, 0.717) is 24.3 Å². The van der Waals surface area contributed by atoms with Crippen LogP contribution in [0.5, 0.6) is 0 Å². The van der Waals surface area contributed by atoms with Crippen LogP contribution in [-0.2, 0) is 4.79 Å². The molecular formula is C18H24N2O3. The van der Waals surface area contributed by atoms with Crippen molar-refractivity contribution >= 4 is 17.5 Å². The number of aliphatic hydroxyl groups is 1. The second-order valence-corrected chi connectivity index (χ2v) is 6.49. The maximum absolute atomic E-state index is 12.5. The van der Waals surface area contributed by atoms with Crippen LogP contribution in [0.25, 0.3) is 0 Å². The van der Waals surface area contributed by atoms with Gasteiger partial charge in [-0.25, -0.2) is 0 Å². The number of rotatable bonds is 4. The number of anilines is 1. The second-order valence-electron chi connectivity index (χ2n) is 6.49. The van der Waals surface area contributed by atoms with Gasteiger partial charge in [-0.3, -0.25) is 9.59 Å². The Hall–Kier alpha value is -2.14. The maximum Gasteiger partial charge on any atom is 0.253 e. The molecule has 0 aromatic heterocycles. The summed E-state index contributed by atoms with van der Waals surface area (Å²) in [7, 11) is 0. The van der Waals surface area contributed by atoms with E-state index in [0.717, 1.165) is 12.8 Å². The molecule has 2 amide bonds. The van der Waals surface area contributed by atoms with E-state index in [-0.39, 0.29) is 17.7 Å². The summed E-state index contributed by atoms with van der Waals surface area (Å²) in [5.41, 5.74) is 0.538. The third-order valence-electron chi connectivity index (χ3n) is 4.37. The lowest BCUT2D eigenvalue weighted by Gasteiger charge is -2.37. The van der Waals surface area contributed by atoms with Crippen molar-refractivity contribution in [2.75, 3.05) is 18.4 Å². The third kappa shape index (κ3) is 4.42. The summed E-state index contributed by atoms with van der Waals surface area (Å²) in [5, 5.41) is 12.7. The van der Waals surface area contributed by atoms with E-state index in [2.05, 4.69) is 11.9 Å². The fourth-order valence-corrected chi connectivity index (χ4v) is 2.86. The average molecular weight is 316 g/mol. The maximum atomic E-state index is 12.5. The van der Waals surface area contributed by atoms with Crippen molar-refractivity contribution in [3.8, 4) is 0 Å². The lowest BCUT2D eigenvalue weighted by molar-refractivity contribution is -0.111. The molecule has 0 radical (unpaired) electrons. The molecule has 2 rings (SSSR count). The van der Waals surface area contributed by atoms with Crippen molar-refractivity contribution in [3.05, 3.63) is 42.5 Å². The second kappa shape index (κ2) is 6.96. The van der Waals surface area contributed by atoms with E-state index in [1.807, 2.05) is 18.7 Å². The standard InChI is InChI=1S/C18H24N2O3/c1-4-16(21)19-15-7-5-13(6-8-15)17(22)20-11-9-14(10-12-20)18(2,3)23/h4-8,14,23H,1,9-12H2,2-3H3,(H,19,21). The van der Waals surface area contributed by atoms with Gasteiger partial charge in [-0.15, -0.1) is 0 Å². The molecule has 1 aromatic carbocycles. The number of hydrogen-bond donors (Lipinski definition) is 2. The van der Waals surface area contributed by atoms with Crippen LogP contribution in [0.1, 0.15) is 37.0 Å². The Morgan fingerprint density at radius 1 is 1.26 bits per heavy atom. The van der Waals surface area contributed by atoms with Crippen molar-refractivity contribution < 1.29 is 14.7 Å². The zero-order chi connectivity index (χ0) is 17.0. The fraction of sp³-hybridized carbons (Fsp3) is 0.444. The molecule has 124 valence electrons. The Morgan fingerprint density at radius 2 is 1.83 bits per heavy atom. The Kier molecular flexibility index (Phi) is 5.21. The van der Waals surface area contributed by atoms with Crippen LogP contribution in [0.2, 0.25) is 0 Å². The molecular weight excluding hydrogens is 292 g/mol. The highest BCUT2D eigenvalue weighted by atomic mass is 16.3. The van der Waals surface area contributed by atoms with Crippen LogP contribution in [0.15, 0.2) is 36.9 Å². The monoisotopic (exact) mass is 316 g/mol. The zero-order valence-electron chi connectivity index (χ0n) is 13.7. The first-order chi connectivity index (χ1) is 10.8. The molecule has 1 aromatic rings. The van der Waals surface area contributed by atoms with Crippen LogP contribution in [-0.4, -0.2) is 40.5 Å². The predicted octanol–water partition coefficient (Wildman–Crippen LogP) is 2.43. The van der Waals surface area contributed by atoms with E-state index in [1.165, 1.54) is 6.08 Å². The Balaban J connectivity index is 1.96. The third-order valence-corrected chi connectivity index (χ3v) is 4.37. The van der Waals surface area contributed by atoms with Crippen molar-refractivity contribution in [1.29, 1.82) is 0 Å². The van der Waals surface area contributed by atoms with Gasteiger partial charge in [0, 0.05) is 24.3 Å². The first-order valence-corrected chi connectivity index (χ1v) is 7.86. The van der Waals surface area contributed by atoms with E-state index in [4.69, 9.17) is 0 Å². The molecule has 0 aliphatic carbocycles. The normalized spacial score (nSPS) is 16.0. The van der Waals surface area contributed by atoms with Crippen LogP contribution < -0.4 is 5.32 Å². The lowest BCUT2D eigenvalue weighted by Crippen LogP contribution is -2.44. The Labute approximate surface area is 137 Å². The summed E-state index contributed by atoms with van der Waals surface area (Å²) in [6.07, 6.45) is 2.82. The van der Waals surface area contributed by atoms with Crippen LogP contribution in [0, 0.1) is 5.92 Å². The molecule has 0 spiro atoms. The Bertz CT molecular complexity index is 579. The summed E-state index contributed by atoms with van der Waals surface area (Å²) < 4.78 is 0. The van der Waals surface area contributed by atoms with Gasteiger partial charge >= 0.3 is 0 Å². The number of carbonyl (C=O) groups is 2. The van der Waals surface area contributed by atoms with Gasteiger partial charge in [0.2, 0.25) is 5.91 Å². The quantitative estimate of drug-likeness (QED) is 0.838. The molecule has 5 nitrogen and oxygen atoms in total. The van der Waals surface area contributed by atoms with Crippen LogP contribution in [0.3, 0.4) is 0 Å². The number of nitrogens with zero attached hydrogens (tertiary/aromatic N) is 1. The topological polar surface area (TPSA) is 69.6 Å². The molecule has 0 saturated carbocycles. The van der Waals surface area contributed by atoms with Crippen molar-refractivity contribution in [1.82, 2.24) is 4.90 Å². The smallest absolute Gasteiger partial charge is 0.253 e. The van der Waals surface area contributed by atoms with E-state index >= 15 is 0 Å². The number of amides is 2. The number of carbonyl (C=O) groups excluding carboxylic acids is 2. The molecule has 23 heavy (non-hydrogen) atoms. The summed E-state index contributed by atoms with van der Waals surface area (Å²) in [4.78, 5) is 25.6. The minimum Gasteiger partial charge on any atom is -0.390 e. The van der Waals surface area contributed by atoms with E-state index < -0.39 is 5.60 Å². The van der Waals surface area contributed by atoms with Gasteiger partial charge in [0.25, 0.3) is 5.91 Å². The largest absolute Gasteiger partial charge is 0.390 e. The molecule has 1 fully saturated rings. The first kappa shape index (κ1) is 17.2. The van der Waals surface area contributed by atoms with Gasteiger partial charge in [0.1, 0.15) is 0 Å². The summed E-state index contributed by atoms with van der Waals surface area (Å²) in [6.45, 7) is 8.36. The number of nitrogens with one attached hydrogen (secondary N) is 1. The molecule has 0 unspecified atom stereocenters. The van der Waals surface area contributed by atoms with Crippen molar-refractivity contribution in [2.24, 2.45) is 5.92 Å². The SMILES string of the molecule is C=CC(=O)Nc1ccc(C(=O)N2CCC(C(C)(C)O)CC2)cc1. The number of piperidine rings is 1. The number of likely N-dealkylation sites (tertiary alicyclic amines) is 1. The van der Waals surface area contributed by atoms with Gasteiger partial charge in [-0.1, -0.05) is 6.58 Å². The highest BCUT2D eigenvalue weighted by Crippen LogP contribution is 2.28. The molecule has 5 heteroatoms. The first-order valence-electron chi connectivity index (χ1n) is 7.86. The van der Waals surface area contributed by atoms with Crippen molar-refractivity contribution in [3.63, 3.8) is 0 Å². The summed E-state index contributed by atoms with van der Waals surface area (Å²) in [6, 6.07) is 6.84. The molecule has 0 atom stereocenters. The predicted molar refractivity (Wildman–Crippen MR) is 90.2 cm³/mol. The van der Waals surface area contributed by atoms with Gasteiger partial charge in [0.05, 0.1) is 5.60 Å². The lowest BCUT2D eigenvalue weighted by atomic mass is 9.83. The minimum absolute atomic E-state index is 0.0132. The van der Waals surface area contributed by atoms with Gasteiger partial charge < -0.3 is 15.3 Å². The molecule has 0 bridgehead atoms. The molecule has 1 aliphatic rings. The molecule has 1 aliphatic heterocycles. The Morgan fingerprint density at radius 3 is 2.30 bits per heavy atom. The van der Waals surface area contributed by atoms with Crippen molar-refractivity contribution in [2.45, 2.75) is 32.3 Å².